The Hall–Kier alpha value is -5.83. The Balaban J connectivity index is 1.88. The molecule has 22 nitrogen and oxygen atoms in total. The molecule has 0 bridgehead atoms. The zero-order valence-corrected chi connectivity index (χ0v) is 50.6. The van der Waals surface area contributed by atoms with Gasteiger partial charge in [0, 0.05) is 54.7 Å². The van der Waals surface area contributed by atoms with Crippen molar-refractivity contribution in [1.29, 1.82) is 0 Å². The number of likely N-dealkylation sites (N-methyl/N-ethyl adjacent to an activating group) is 4. The number of cyclic esters (lactones) is 1. The van der Waals surface area contributed by atoms with E-state index in [-0.39, 0.29) is 56.1 Å². The van der Waals surface area contributed by atoms with Crippen molar-refractivity contribution < 1.29 is 57.5 Å². The summed E-state index contributed by atoms with van der Waals surface area (Å²) < 4.78 is 5.92. The minimum atomic E-state index is -1.63. The third kappa shape index (κ3) is 14.8. The molecule has 0 aliphatic carbocycles. The average molecular weight is 1110 g/mol. The Morgan fingerprint density at radius 2 is 1.20 bits per heavy atom. The van der Waals surface area contributed by atoms with Gasteiger partial charge in [-0.3, -0.25) is 52.7 Å². The van der Waals surface area contributed by atoms with Crippen LogP contribution in [0, 0.1) is 41.4 Å². The number of carbonyl (C=O) groups excluding carboxylic acids is 11. The molecule has 0 aromatic rings. The molecule has 4 saturated heterocycles. The van der Waals surface area contributed by atoms with Crippen LogP contribution in [0.1, 0.15) is 142 Å². The van der Waals surface area contributed by atoms with Crippen LogP contribution in [0.3, 0.4) is 0 Å². The van der Waals surface area contributed by atoms with Crippen LogP contribution in [0.25, 0.3) is 0 Å². The molecule has 15 atom stereocenters. The van der Waals surface area contributed by atoms with E-state index in [9.17, 15) is 38.4 Å². The number of ether oxygens (including phenoxy) is 1. The summed E-state index contributed by atoms with van der Waals surface area (Å²) >= 11 is 0. The van der Waals surface area contributed by atoms with Crippen LogP contribution < -0.4 is 16.0 Å². The van der Waals surface area contributed by atoms with Crippen LogP contribution in [-0.4, -0.2) is 214 Å². The summed E-state index contributed by atoms with van der Waals surface area (Å²) in [6, 6.07) is -10.2. The molecule has 0 radical (unpaired) electrons. The van der Waals surface area contributed by atoms with Crippen LogP contribution in [0.4, 0.5) is 0 Å². The largest absolute Gasteiger partial charge is 0.459 e. The first-order valence-electron chi connectivity index (χ1n) is 28.9. The highest BCUT2D eigenvalue weighted by Gasteiger charge is 2.50. The Morgan fingerprint density at radius 1 is 0.658 bits per heavy atom. The number of carbonyl (C=O) groups is 11. The van der Waals surface area contributed by atoms with E-state index in [4.69, 9.17) is 4.74 Å². The van der Waals surface area contributed by atoms with E-state index < -0.39 is 150 Å². The number of amides is 10. The van der Waals surface area contributed by atoms with Crippen LogP contribution in [0.2, 0.25) is 0 Å². The molecule has 4 fully saturated rings. The van der Waals surface area contributed by atoms with E-state index in [1.807, 2.05) is 41.5 Å². The fraction of sp³-hybridized carbons (Fsp3) is 0.807. The summed E-state index contributed by atoms with van der Waals surface area (Å²) in [6.07, 6.45) is 1.08. The van der Waals surface area contributed by atoms with Crippen LogP contribution in [0.5, 0.6) is 0 Å². The second-order valence-electron chi connectivity index (χ2n) is 24.2. The summed E-state index contributed by atoms with van der Waals surface area (Å²) in [5.74, 6) is -9.18. The molecule has 446 valence electrons. The highest BCUT2D eigenvalue weighted by molar-refractivity contribution is 5.99. The van der Waals surface area contributed by atoms with E-state index >= 15 is 14.4 Å². The minimum Gasteiger partial charge on any atom is -0.459 e. The van der Waals surface area contributed by atoms with E-state index in [0.717, 1.165) is 4.90 Å². The van der Waals surface area contributed by atoms with Gasteiger partial charge in [0.25, 0.3) is 0 Å². The molecule has 10 amide bonds. The van der Waals surface area contributed by atoms with Gasteiger partial charge >= 0.3 is 5.97 Å². The lowest BCUT2D eigenvalue weighted by molar-refractivity contribution is -0.160. The molecule has 0 aromatic carbocycles. The Kier molecular flexibility index (Phi) is 23.3. The summed E-state index contributed by atoms with van der Waals surface area (Å²) in [5, 5.41) is 8.49. The highest BCUT2D eigenvalue weighted by atomic mass is 16.5. The number of likely N-dealkylation sites (tertiary alicyclic amines) is 1. The van der Waals surface area contributed by atoms with Crippen LogP contribution in [0.15, 0.2) is 0 Å². The second kappa shape index (κ2) is 28.0. The Labute approximate surface area is 469 Å². The molecule has 0 spiro atoms. The first-order valence-corrected chi connectivity index (χ1v) is 28.9. The van der Waals surface area contributed by atoms with E-state index in [1.165, 1.54) is 71.4 Å². The fourth-order valence-electron chi connectivity index (χ4n) is 12.1. The molecule has 0 aromatic heterocycles. The monoisotopic (exact) mass is 1110 g/mol. The highest BCUT2D eigenvalue weighted by Crippen LogP contribution is 2.31. The quantitative estimate of drug-likeness (QED) is 0.238. The lowest BCUT2D eigenvalue weighted by Gasteiger charge is -2.39. The number of fused-ring (bicyclic) bond motifs is 2. The molecule has 3 N–H and O–H groups in total. The molecule has 4 unspecified atom stereocenters. The van der Waals surface area contributed by atoms with Crippen molar-refractivity contribution in [3.05, 3.63) is 0 Å². The van der Waals surface area contributed by atoms with Gasteiger partial charge in [0.2, 0.25) is 59.1 Å². The van der Waals surface area contributed by atoms with Crippen LogP contribution >= 0.6 is 0 Å². The van der Waals surface area contributed by atoms with Gasteiger partial charge in [0.1, 0.15) is 67.0 Å². The van der Waals surface area contributed by atoms with Crippen molar-refractivity contribution in [1.82, 2.24) is 50.2 Å². The molecule has 4 rings (SSSR count). The van der Waals surface area contributed by atoms with E-state index in [0.29, 0.717) is 32.1 Å². The topological polar surface area (TPSA) is 256 Å². The van der Waals surface area contributed by atoms with Gasteiger partial charge in [-0.15, -0.1) is 0 Å². The number of rotatable bonds is 12. The van der Waals surface area contributed by atoms with Gasteiger partial charge in [-0.25, -0.2) is 0 Å². The molecule has 0 saturated carbocycles. The average Bonchev–Trinajstić information content (AvgIpc) is 4.21. The minimum absolute atomic E-state index is 0.135. The first kappa shape index (κ1) is 65.7. The van der Waals surface area contributed by atoms with Crippen molar-refractivity contribution in [2.24, 2.45) is 41.4 Å². The summed E-state index contributed by atoms with van der Waals surface area (Å²) in [5.41, 5.74) is 0. The molecule has 4 aliphatic heterocycles. The fourth-order valence-corrected chi connectivity index (χ4v) is 12.1. The third-order valence-corrected chi connectivity index (χ3v) is 17.4. The van der Waals surface area contributed by atoms with E-state index in [1.54, 1.807) is 41.5 Å². The maximum Gasteiger partial charge on any atom is 0.325 e. The number of esters is 1. The molecule has 4 heterocycles. The lowest BCUT2D eigenvalue weighted by atomic mass is 9.94. The predicted molar refractivity (Wildman–Crippen MR) is 296 cm³/mol. The zero-order chi connectivity index (χ0) is 59.8. The summed E-state index contributed by atoms with van der Waals surface area (Å²) in [6.45, 7) is 24.5. The normalized spacial score (nSPS) is 30.2. The molecule has 4 aliphatic rings. The van der Waals surface area contributed by atoms with Crippen molar-refractivity contribution in [3.8, 4) is 0 Å². The maximum absolute atomic E-state index is 15.2. The Morgan fingerprint density at radius 3 is 1.75 bits per heavy atom. The number of hydrogen-bond donors (Lipinski definition) is 3. The number of hydrogen-bond acceptors (Lipinski definition) is 12. The van der Waals surface area contributed by atoms with E-state index in [2.05, 4.69) is 16.0 Å². The van der Waals surface area contributed by atoms with Gasteiger partial charge in [-0.2, -0.15) is 0 Å². The smallest absolute Gasteiger partial charge is 0.325 e. The number of nitrogens with one attached hydrogen (secondary N) is 3. The van der Waals surface area contributed by atoms with Gasteiger partial charge in [-0.1, -0.05) is 102 Å². The lowest BCUT2D eigenvalue weighted by Crippen LogP contribution is -2.63. The van der Waals surface area contributed by atoms with Crippen molar-refractivity contribution in [2.45, 2.75) is 202 Å². The summed E-state index contributed by atoms with van der Waals surface area (Å²) in [7, 11) is 5.87. The predicted octanol–water partition coefficient (Wildman–Crippen LogP) is 2.26. The molecular formula is C57H96N10O12. The first-order chi connectivity index (χ1) is 36.9. The van der Waals surface area contributed by atoms with Crippen molar-refractivity contribution >= 4 is 65.0 Å². The van der Waals surface area contributed by atoms with Gasteiger partial charge in [0.05, 0.1) is 0 Å². The van der Waals surface area contributed by atoms with Gasteiger partial charge in [0.15, 0.2) is 0 Å². The van der Waals surface area contributed by atoms with Crippen LogP contribution in [-0.2, 0) is 57.5 Å². The SMILES string of the molecule is CCC(C)[C@@H]1NC(=O)[C@H]2C[C@@H](C)CN2C(=O)[C@H](C(C)CC)NC(=O)[C@@H](N(C)C(=O)C2C[C@@H](C)CN2C(=O)[C@H](C(C)C)N(C)C(C)=O)[C@@H](C)OC(=O)CNC(=O)[C@@H](C(C)CC)N(C)C(=O)[C@@H]2CCCN2C(=O)[C@@H](C(C)C)N(C)C1=O. The molecular weight excluding hydrogens is 1020 g/mol. The summed E-state index contributed by atoms with van der Waals surface area (Å²) in [4.78, 5) is 169. The standard InChI is InChI=1S/C57H96N10O12/c1-19-34(10)43-54(75)62(16)46(31(6)7)56(77)65-24-22-23-39(65)52(73)63(17)47(36(12)21-3)50(71)58-27-42(69)79-37(13)48(51(72)60-44(35(11)20-2)55(76)66-28-32(8)25-40(66)49(70)59-43)64(18)53(74)41-26-33(9)29-67(41)57(78)45(30(4)5)61(15)38(14)68/h30-37,39-41,43-48H,19-29H2,1-18H3,(H,58,71)(H,59,70)(H,60,72)/t32-,33-,34?,35?,36?,37-,39+,40-,41?,43+,44+,45+,46-,47-,48+/m1/s1. The Bertz CT molecular complexity index is 2260. The van der Waals surface area contributed by atoms with Crippen molar-refractivity contribution in [3.63, 3.8) is 0 Å². The second-order valence-corrected chi connectivity index (χ2v) is 24.2. The third-order valence-electron chi connectivity index (χ3n) is 17.4. The maximum atomic E-state index is 15.2. The van der Waals surface area contributed by atoms with Gasteiger partial charge < -0.3 is 55.0 Å². The molecule has 22 heteroatoms. The molecule has 79 heavy (non-hydrogen) atoms. The number of nitrogens with zero attached hydrogens (tertiary/aromatic N) is 7. The van der Waals surface area contributed by atoms with Gasteiger partial charge in [-0.05, 0) is 74.0 Å². The zero-order valence-electron chi connectivity index (χ0n) is 50.6. The van der Waals surface area contributed by atoms with Crippen molar-refractivity contribution in [2.75, 3.05) is 54.4 Å².